The smallest absolute Gasteiger partial charge is 0.227 e. The fourth-order valence-corrected chi connectivity index (χ4v) is 3.52. The van der Waals surface area contributed by atoms with Gasteiger partial charge in [0.2, 0.25) is 11.9 Å². The number of nitrogens with zero attached hydrogens (tertiary/aromatic N) is 3. The van der Waals surface area contributed by atoms with Gasteiger partial charge in [0.15, 0.2) is 0 Å². The third-order valence-corrected chi connectivity index (χ3v) is 4.82. The summed E-state index contributed by atoms with van der Waals surface area (Å²) in [5, 5.41) is 2.24. The predicted molar refractivity (Wildman–Crippen MR) is 97.5 cm³/mol. The van der Waals surface area contributed by atoms with Gasteiger partial charge in [0.25, 0.3) is 0 Å². The SMILES string of the molecule is CC1c2nc(N)nc(N)c2CN1C(=O)Cc1cccc2ccccc12. The highest BCUT2D eigenvalue weighted by Crippen LogP contribution is 2.35. The number of aromatic nitrogens is 2. The van der Waals surface area contributed by atoms with Crippen molar-refractivity contribution in [2.45, 2.75) is 25.9 Å². The largest absolute Gasteiger partial charge is 0.383 e. The molecule has 0 bridgehead atoms. The molecule has 2 heterocycles. The van der Waals surface area contributed by atoms with Crippen molar-refractivity contribution < 1.29 is 4.79 Å². The summed E-state index contributed by atoms with van der Waals surface area (Å²) in [6.45, 7) is 2.37. The number of hydrogen-bond donors (Lipinski definition) is 2. The van der Waals surface area contributed by atoms with Gasteiger partial charge < -0.3 is 16.4 Å². The average Bonchev–Trinajstić information content (AvgIpc) is 2.93. The first-order valence-corrected chi connectivity index (χ1v) is 8.22. The van der Waals surface area contributed by atoms with Crippen LogP contribution in [0.3, 0.4) is 0 Å². The van der Waals surface area contributed by atoms with Crippen LogP contribution in [0.4, 0.5) is 11.8 Å². The molecule has 0 fully saturated rings. The van der Waals surface area contributed by atoms with E-state index in [-0.39, 0.29) is 17.9 Å². The molecule has 0 radical (unpaired) electrons. The summed E-state index contributed by atoms with van der Waals surface area (Å²) in [5.41, 5.74) is 14.2. The van der Waals surface area contributed by atoms with Gasteiger partial charge in [0, 0.05) is 5.56 Å². The molecular formula is C19H19N5O. The molecule has 0 aliphatic carbocycles. The van der Waals surface area contributed by atoms with Crippen molar-refractivity contribution in [3.05, 3.63) is 59.3 Å². The molecule has 6 nitrogen and oxygen atoms in total. The van der Waals surface area contributed by atoms with Crippen molar-refractivity contribution in [2.24, 2.45) is 0 Å². The summed E-state index contributed by atoms with van der Waals surface area (Å²) in [4.78, 5) is 23.0. The van der Waals surface area contributed by atoms with Crippen molar-refractivity contribution in [3.8, 4) is 0 Å². The Balaban J connectivity index is 1.63. The maximum absolute atomic E-state index is 12.9. The Bertz CT molecular complexity index is 979. The van der Waals surface area contributed by atoms with Crippen LogP contribution in [0.2, 0.25) is 0 Å². The number of nitrogen functional groups attached to an aromatic ring is 2. The van der Waals surface area contributed by atoms with Gasteiger partial charge in [-0.1, -0.05) is 42.5 Å². The van der Waals surface area contributed by atoms with Gasteiger partial charge in [0.1, 0.15) is 5.82 Å². The number of anilines is 2. The summed E-state index contributed by atoms with van der Waals surface area (Å²) < 4.78 is 0. The van der Waals surface area contributed by atoms with Gasteiger partial charge in [-0.05, 0) is 23.3 Å². The van der Waals surface area contributed by atoms with Crippen LogP contribution in [-0.4, -0.2) is 20.8 Å². The molecule has 1 aromatic heterocycles. The fraction of sp³-hybridized carbons (Fsp3) is 0.211. The monoisotopic (exact) mass is 333 g/mol. The third kappa shape index (κ3) is 2.55. The topological polar surface area (TPSA) is 98.1 Å². The van der Waals surface area contributed by atoms with E-state index in [9.17, 15) is 4.79 Å². The van der Waals surface area contributed by atoms with Gasteiger partial charge in [-0.25, -0.2) is 4.98 Å². The summed E-state index contributed by atoms with van der Waals surface area (Å²) in [6, 6.07) is 14.0. The Morgan fingerprint density at radius 3 is 2.76 bits per heavy atom. The lowest BCUT2D eigenvalue weighted by molar-refractivity contribution is -0.132. The molecule has 4 N–H and O–H groups in total. The molecule has 3 aromatic rings. The van der Waals surface area contributed by atoms with Crippen LogP contribution >= 0.6 is 0 Å². The molecule has 2 aromatic carbocycles. The van der Waals surface area contributed by atoms with Crippen LogP contribution in [0.1, 0.15) is 29.8 Å². The molecule has 126 valence electrons. The normalized spacial score (nSPS) is 16.2. The van der Waals surface area contributed by atoms with Crippen molar-refractivity contribution in [2.75, 3.05) is 11.5 Å². The Morgan fingerprint density at radius 2 is 1.92 bits per heavy atom. The number of rotatable bonds is 2. The summed E-state index contributed by atoms with van der Waals surface area (Å²) in [6.07, 6.45) is 0.336. The van der Waals surface area contributed by atoms with Crippen molar-refractivity contribution in [3.63, 3.8) is 0 Å². The van der Waals surface area contributed by atoms with Gasteiger partial charge in [-0.2, -0.15) is 4.98 Å². The zero-order valence-corrected chi connectivity index (χ0v) is 13.9. The van der Waals surface area contributed by atoms with E-state index in [0.29, 0.717) is 18.8 Å². The highest BCUT2D eigenvalue weighted by Gasteiger charge is 2.34. The van der Waals surface area contributed by atoms with E-state index in [1.54, 1.807) is 4.90 Å². The van der Waals surface area contributed by atoms with E-state index in [1.807, 2.05) is 37.3 Å². The number of hydrogen-bond acceptors (Lipinski definition) is 5. The first-order valence-electron chi connectivity index (χ1n) is 8.22. The minimum absolute atomic E-state index is 0.0415. The van der Waals surface area contributed by atoms with Crippen LogP contribution < -0.4 is 11.5 Å². The Labute approximate surface area is 145 Å². The van der Waals surface area contributed by atoms with Gasteiger partial charge in [-0.3, -0.25) is 4.79 Å². The average molecular weight is 333 g/mol. The number of carbonyl (C=O) groups is 1. The zero-order valence-electron chi connectivity index (χ0n) is 13.9. The molecule has 0 saturated carbocycles. The molecule has 6 heteroatoms. The van der Waals surface area contributed by atoms with Crippen LogP contribution in [0.5, 0.6) is 0 Å². The molecular weight excluding hydrogens is 314 g/mol. The predicted octanol–water partition coefficient (Wildman–Crippen LogP) is 2.44. The van der Waals surface area contributed by atoms with E-state index in [1.165, 1.54) is 0 Å². The fourth-order valence-electron chi connectivity index (χ4n) is 3.52. The molecule has 1 amide bonds. The number of fused-ring (bicyclic) bond motifs is 2. The summed E-state index contributed by atoms with van der Waals surface area (Å²) in [7, 11) is 0. The van der Waals surface area contributed by atoms with Crippen LogP contribution in [0, 0.1) is 0 Å². The van der Waals surface area contributed by atoms with Gasteiger partial charge in [0.05, 0.1) is 24.7 Å². The summed E-state index contributed by atoms with van der Waals surface area (Å²) >= 11 is 0. The van der Waals surface area contributed by atoms with Crippen molar-refractivity contribution in [1.82, 2.24) is 14.9 Å². The van der Waals surface area contributed by atoms with E-state index in [2.05, 4.69) is 22.1 Å². The maximum Gasteiger partial charge on any atom is 0.227 e. The number of carbonyl (C=O) groups excluding carboxylic acids is 1. The second-order valence-corrected chi connectivity index (χ2v) is 6.34. The van der Waals surface area contributed by atoms with Crippen molar-refractivity contribution >= 4 is 28.4 Å². The lowest BCUT2D eigenvalue weighted by Crippen LogP contribution is -2.29. The molecule has 25 heavy (non-hydrogen) atoms. The van der Waals surface area contributed by atoms with E-state index >= 15 is 0 Å². The first kappa shape index (κ1) is 15.4. The summed E-state index contributed by atoms with van der Waals surface area (Å²) in [5.74, 6) is 0.543. The highest BCUT2D eigenvalue weighted by atomic mass is 16.2. The van der Waals surface area contributed by atoms with Crippen molar-refractivity contribution in [1.29, 1.82) is 0 Å². The highest BCUT2D eigenvalue weighted by molar-refractivity contribution is 5.90. The lowest BCUT2D eigenvalue weighted by Gasteiger charge is -2.21. The van der Waals surface area contributed by atoms with Crippen LogP contribution in [-0.2, 0) is 17.8 Å². The minimum atomic E-state index is -0.162. The lowest BCUT2D eigenvalue weighted by atomic mass is 10.0. The Morgan fingerprint density at radius 1 is 1.16 bits per heavy atom. The number of nitrogens with two attached hydrogens (primary N) is 2. The number of amides is 1. The molecule has 1 atom stereocenters. The molecule has 1 unspecified atom stereocenters. The molecule has 4 rings (SSSR count). The first-order chi connectivity index (χ1) is 12.0. The minimum Gasteiger partial charge on any atom is -0.383 e. The van der Waals surface area contributed by atoms with Crippen LogP contribution in [0.25, 0.3) is 10.8 Å². The molecule has 1 aliphatic rings. The van der Waals surface area contributed by atoms with Gasteiger partial charge in [-0.15, -0.1) is 0 Å². The van der Waals surface area contributed by atoms with E-state index in [4.69, 9.17) is 11.5 Å². The van der Waals surface area contributed by atoms with E-state index in [0.717, 1.165) is 27.6 Å². The second kappa shape index (κ2) is 5.73. The maximum atomic E-state index is 12.9. The Hall–Kier alpha value is -3.15. The molecule has 1 aliphatic heterocycles. The standard InChI is InChI=1S/C19H19N5O/c1-11-17-15(18(20)23-19(21)22-17)10-24(11)16(25)9-13-7-4-6-12-5-2-3-8-14(12)13/h2-8,11H,9-10H2,1H3,(H4,20,21,22,23). The Kier molecular flexibility index (Phi) is 3.53. The number of benzene rings is 2. The molecule has 0 saturated heterocycles. The van der Waals surface area contributed by atoms with E-state index < -0.39 is 0 Å². The quantitative estimate of drug-likeness (QED) is 0.750. The molecule has 0 spiro atoms. The third-order valence-electron chi connectivity index (χ3n) is 4.82. The zero-order chi connectivity index (χ0) is 17.6. The van der Waals surface area contributed by atoms with Crippen LogP contribution in [0.15, 0.2) is 42.5 Å². The second-order valence-electron chi connectivity index (χ2n) is 6.34. The van der Waals surface area contributed by atoms with Gasteiger partial charge >= 0.3 is 0 Å².